The maximum atomic E-state index is 10.4. The highest BCUT2D eigenvalue weighted by molar-refractivity contribution is 14.1. The first-order valence-corrected chi connectivity index (χ1v) is 5.13. The van der Waals surface area contributed by atoms with Crippen molar-refractivity contribution >= 4 is 51.0 Å². The predicted molar refractivity (Wildman–Crippen MR) is 52.0 cm³/mol. The second-order valence-corrected chi connectivity index (χ2v) is 4.30. The molecule has 48 valence electrons. The van der Waals surface area contributed by atoms with Gasteiger partial charge in [0.05, 0.1) is 0 Å². The summed E-state index contributed by atoms with van der Waals surface area (Å²) in [7, 11) is 0. The Hall–Kier alpha value is 1.13. The summed E-state index contributed by atoms with van der Waals surface area (Å²) in [5.41, 5.74) is 0. The van der Waals surface area contributed by atoms with Gasteiger partial charge in [0, 0.05) is 14.8 Å². The molecule has 0 aliphatic heterocycles. The quantitative estimate of drug-likeness (QED) is 0.570. The maximum Gasteiger partial charge on any atom is 0.130 e. The average Bonchev–Trinajstić information content (AvgIpc) is 1.65. The fraction of sp³-hybridized carbons (Fsp3) is 0.800. The molecule has 1 nitrogen and oxygen atoms in total. The summed E-state index contributed by atoms with van der Waals surface area (Å²) in [4.78, 5) is 10.4. The molecular weight excluding hydrogens is 330 g/mol. The third-order valence-corrected chi connectivity index (χ3v) is 4.31. The van der Waals surface area contributed by atoms with Gasteiger partial charge in [0.15, 0.2) is 0 Å². The van der Waals surface area contributed by atoms with Gasteiger partial charge in [-0.3, -0.25) is 4.79 Å². The highest BCUT2D eigenvalue weighted by Gasteiger charge is 2.02. The number of hydrogen-bond donors (Lipinski definition) is 0. The summed E-state index contributed by atoms with van der Waals surface area (Å²) in [6.07, 6.45) is 0.726. The lowest BCUT2D eigenvalue weighted by molar-refractivity contribution is -0.116. The molecule has 0 radical (unpaired) electrons. The largest absolute Gasteiger partial charge is 0.300 e. The Balaban J connectivity index is 3.24. The minimum atomic E-state index is 0.293. The number of hydrogen-bond acceptors (Lipinski definition) is 1. The summed E-state index contributed by atoms with van der Waals surface area (Å²) in [5.74, 6) is 0.293. The zero-order valence-electron chi connectivity index (χ0n) is 4.66. The van der Waals surface area contributed by atoms with Crippen molar-refractivity contribution in [1.29, 1.82) is 0 Å². The fourth-order valence-corrected chi connectivity index (χ4v) is 1.30. The van der Waals surface area contributed by atoms with Crippen LogP contribution in [-0.4, -0.2) is 14.1 Å². The van der Waals surface area contributed by atoms with E-state index >= 15 is 0 Å². The van der Waals surface area contributed by atoms with Gasteiger partial charge in [-0.25, -0.2) is 0 Å². The Morgan fingerprint density at radius 3 is 2.38 bits per heavy atom. The Bertz CT molecular complexity index is 82.5. The first kappa shape index (κ1) is 9.13. The van der Waals surface area contributed by atoms with Gasteiger partial charge in [-0.05, 0) is 6.92 Å². The Labute approximate surface area is 76.9 Å². The van der Waals surface area contributed by atoms with Crippen LogP contribution in [0.15, 0.2) is 0 Å². The number of alkyl halides is 2. The van der Waals surface area contributed by atoms with Crippen molar-refractivity contribution in [1.82, 2.24) is 0 Å². The molecule has 0 fully saturated rings. The minimum Gasteiger partial charge on any atom is -0.300 e. The number of carbonyl (C=O) groups is 1. The molecule has 0 saturated heterocycles. The zero-order chi connectivity index (χ0) is 6.57. The van der Waals surface area contributed by atoms with E-state index < -0.39 is 0 Å². The topological polar surface area (TPSA) is 17.1 Å². The van der Waals surface area contributed by atoms with E-state index in [1.807, 2.05) is 0 Å². The third-order valence-electron chi connectivity index (χ3n) is 0.676. The van der Waals surface area contributed by atoms with Crippen molar-refractivity contribution < 1.29 is 4.79 Å². The van der Waals surface area contributed by atoms with Crippen LogP contribution in [0.5, 0.6) is 0 Å². The van der Waals surface area contributed by atoms with Gasteiger partial charge in [0.25, 0.3) is 0 Å². The summed E-state index contributed by atoms with van der Waals surface area (Å²) >= 11 is 4.58. The molecule has 3 heteroatoms. The molecule has 0 saturated carbocycles. The van der Waals surface area contributed by atoms with Crippen molar-refractivity contribution in [2.75, 3.05) is 4.43 Å². The van der Waals surface area contributed by atoms with Crippen molar-refractivity contribution in [2.24, 2.45) is 0 Å². The predicted octanol–water partition coefficient (Wildman–Crippen LogP) is 2.20. The zero-order valence-corrected chi connectivity index (χ0v) is 8.97. The highest BCUT2D eigenvalue weighted by atomic mass is 127. The fourth-order valence-electron chi connectivity index (χ4n) is 0.366. The van der Waals surface area contributed by atoms with Crippen molar-refractivity contribution in [3.05, 3.63) is 0 Å². The van der Waals surface area contributed by atoms with Crippen molar-refractivity contribution in [3.8, 4) is 0 Å². The lowest BCUT2D eigenvalue weighted by Crippen LogP contribution is -2.04. The number of halogens is 2. The number of Topliss-reactive ketones (excluding diaryl/α,β-unsaturated/α-hetero) is 1. The lowest BCUT2D eigenvalue weighted by Gasteiger charge is -1.98. The molecule has 0 aliphatic carbocycles. The normalized spacial score (nSPS) is 13.4. The molecule has 8 heavy (non-hydrogen) atoms. The van der Waals surface area contributed by atoms with E-state index in [1.54, 1.807) is 6.92 Å². The molecule has 0 aromatic carbocycles. The van der Waals surface area contributed by atoms with Crippen LogP contribution in [0.2, 0.25) is 0 Å². The second-order valence-electron chi connectivity index (χ2n) is 1.66. The molecule has 1 unspecified atom stereocenters. The second kappa shape index (κ2) is 4.96. The summed E-state index contributed by atoms with van der Waals surface area (Å²) in [6.45, 7) is 1.64. The van der Waals surface area contributed by atoms with Gasteiger partial charge in [0.2, 0.25) is 0 Å². The van der Waals surface area contributed by atoms with Gasteiger partial charge in [0.1, 0.15) is 5.78 Å². The molecule has 0 aromatic heterocycles. The van der Waals surface area contributed by atoms with E-state index in [0.717, 1.165) is 10.8 Å². The van der Waals surface area contributed by atoms with Crippen molar-refractivity contribution in [2.45, 2.75) is 17.3 Å². The van der Waals surface area contributed by atoms with Crippen LogP contribution >= 0.6 is 45.2 Å². The Morgan fingerprint density at radius 1 is 1.75 bits per heavy atom. The number of carbonyl (C=O) groups excluding carboxylic acids is 1. The minimum absolute atomic E-state index is 0.293. The monoisotopic (exact) mass is 338 g/mol. The smallest absolute Gasteiger partial charge is 0.130 e. The van der Waals surface area contributed by atoms with E-state index in [2.05, 4.69) is 45.2 Å². The van der Waals surface area contributed by atoms with Crippen molar-refractivity contribution in [3.63, 3.8) is 0 Å². The van der Waals surface area contributed by atoms with Gasteiger partial charge < -0.3 is 0 Å². The van der Waals surface area contributed by atoms with Gasteiger partial charge >= 0.3 is 0 Å². The van der Waals surface area contributed by atoms with E-state index in [-0.39, 0.29) is 0 Å². The highest BCUT2D eigenvalue weighted by Crippen LogP contribution is 2.08. The SMILES string of the molecule is CC(=O)CC(I)CI. The third kappa shape index (κ3) is 5.27. The number of ketones is 1. The van der Waals surface area contributed by atoms with Gasteiger partial charge in [-0.2, -0.15) is 0 Å². The first-order chi connectivity index (χ1) is 3.66. The molecule has 0 aliphatic rings. The molecule has 0 rings (SSSR count). The summed E-state index contributed by atoms with van der Waals surface area (Å²) < 4.78 is 1.60. The van der Waals surface area contributed by atoms with Crippen LogP contribution in [0.25, 0.3) is 0 Å². The first-order valence-electron chi connectivity index (χ1n) is 2.36. The van der Waals surface area contributed by atoms with Crippen LogP contribution in [-0.2, 0) is 4.79 Å². The molecular formula is C5H8I2O. The van der Waals surface area contributed by atoms with Crippen LogP contribution in [0.3, 0.4) is 0 Å². The molecule has 0 amide bonds. The maximum absolute atomic E-state index is 10.4. The molecule has 0 heterocycles. The molecule has 0 N–H and O–H groups in total. The van der Waals surface area contributed by atoms with E-state index in [4.69, 9.17) is 0 Å². The van der Waals surface area contributed by atoms with Crippen LogP contribution in [0.4, 0.5) is 0 Å². The summed E-state index contributed by atoms with van der Waals surface area (Å²) in [5, 5.41) is 0. The molecule has 0 bridgehead atoms. The average molecular weight is 338 g/mol. The van der Waals surface area contributed by atoms with E-state index in [0.29, 0.717) is 9.71 Å². The molecule has 0 spiro atoms. The van der Waals surface area contributed by atoms with Gasteiger partial charge in [-0.1, -0.05) is 45.2 Å². The van der Waals surface area contributed by atoms with Crippen LogP contribution in [0.1, 0.15) is 13.3 Å². The van der Waals surface area contributed by atoms with Crippen LogP contribution < -0.4 is 0 Å². The van der Waals surface area contributed by atoms with E-state index in [1.165, 1.54) is 0 Å². The molecule has 0 aromatic rings. The Kier molecular flexibility index (Phi) is 5.66. The Morgan fingerprint density at radius 2 is 2.25 bits per heavy atom. The number of rotatable bonds is 3. The van der Waals surface area contributed by atoms with Gasteiger partial charge in [-0.15, -0.1) is 0 Å². The van der Waals surface area contributed by atoms with E-state index in [9.17, 15) is 4.79 Å². The standard InChI is InChI=1S/C5H8I2O/c1-4(8)2-5(7)3-6/h5H,2-3H2,1H3. The summed E-state index contributed by atoms with van der Waals surface area (Å²) in [6, 6.07) is 0. The van der Waals surface area contributed by atoms with Crippen LogP contribution in [0, 0.1) is 0 Å². The lowest BCUT2D eigenvalue weighted by atomic mass is 10.3. The molecule has 1 atom stereocenters.